The molecule has 2 aromatic heterocycles. The van der Waals surface area contributed by atoms with E-state index in [0.717, 1.165) is 16.9 Å². The fourth-order valence-corrected chi connectivity index (χ4v) is 3.79. The monoisotopic (exact) mass is 385 g/mol. The van der Waals surface area contributed by atoms with E-state index in [1.165, 1.54) is 6.92 Å². The highest BCUT2D eigenvalue weighted by molar-refractivity contribution is 7.20. The van der Waals surface area contributed by atoms with Crippen LogP contribution in [0.4, 0.5) is 5.69 Å². The second-order valence-electron chi connectivity index (χ2n) is 6.29. The number of carbonyl (C=O) groups excluding carboxylic acids is 2. The number of rotatable bonds is 4. The molecule has 0 saturated carbocycles. The van der Waals surface area contributed by atoms with E-state index in [2.05, 4.69) is 15.3 Å². The molecule has 2 heterocycles. The summed E-state index contributed by atoms with van der Waals surface area (Å²) in [4.78, 5) is 44.5. The Hall–Kier alpha value is -3.00. The summed E-state index contributed by atoms with van der Waals surface area (Å²) < 4.78 is 5.30. The summed E-state index contributed by atoms with van der Waals surface area (Å²) in [6.07, 6.45) is -0.990. The van der Waals surface area contributed by atoms with Gasteiger partial charge in [-0.2, -0.15) is 0 Å². The molecule has 2 N–H and O–H groups in total. The van der Waals surface area contributed by atoms with E-state index in [1.807, 2.05) is 25.1 Å². The van der Waals surface area contributed by atoms with E-state index >= 15 is 0 Å². The van der Waals surface area contributed by atoms with Crippen LogP contribution in [0.5, 0.6) is 0 Å². The number of hydrogen-bond donors (Lipinski definition) is 2. The van der Waals surface area contributed by atoms with E-state index < -0.39 is 18.0 Å². The van der Waals surface area contributed by atoms with Crippen LogP contribution in [0.1, 0.15) is 33.5 Å². The Kier molecular flexibility index (Phi) is 5.09. The van der Waals surface area contributed by atoms with Gasteiger partial charge in [-0.25, -0.2) is 9.78 Å². The maximum absolute atomic E-state index is 12.5. The molecule has 1 atom stereocenters. The summed E-state index contributed by atoms with van der Waals surface area (Å²) in [7, 11) is 0. The normalized spacial score (nSPS) is 12.0. The van der Waals surface area contributed by atoms with E-state index in [0.29, 0.717) is 27.3 Å². The highest BCUT2D eigenvalue weighted by Crippen LogP contribution is 2.28. The van der Waals surface area contributed by atoms with Gasteiger partial charge in [-0.15, -0.1) is 11.3 Å². The number of hydrogen-bond acceptors (Lipinski definition) is 6. The Balaban J connectivity index is 1.77. The van der Waals surface area contributed by atoms with Crippen molar-refractivity contribution in [1.29, 1.82) is 0 Å². The van der Waals surface area contributed by atoms with Crippen molar-refractivity contribution in [3.8, 4) is 0 Å². The lowest BCUT2D eigenvalue weighted by Crippen LogP contribution is -2.30. The lowest BCUT2D eigenvalue weighted by molar-refractivity contribution is -0.123. The molecule has 0 spiro atoms. The van der Waals surface area contributed by atoms with E-state index in [4.69, 9.17) is 4.74 Å². The number of carbonyl (C=O) groups is 2. The van der Waals surface area contributed by atoms with Crippen LogP contribution in [0, 0.1) is 20.8 Å². The number of thiophene rings is 1. The van der Waals surface area contributed by atoms with Gasteiger partial charge in [0.15, 0.2) is 6.10 Å². The van der Waals surface area contributed by atoms with Crippen molar-refractivity contribution in [2.24, 2.45) is 0 Å². The molecule has 0 fully saturated rings. The van der Waals surface area contributed by atoms with Crippen LogP contribution in [0.25, 0.3) is 10.2 Å². The van der Waals surface area contributed by atoms with Gasteiger partial charge in [-0.05, 0) is 51.0 Å². The molecule has 0 unspecified atom stereocenters. The number of aromatic amines is 1. The smallest absolute Gasteiger partial charge is 0.349 e. The number of aryl methyl sites for hydroxylation is 3. The van der Waals surface area contributed by atoms with Crippen LogP contribution in [0.3, 0.4) is 0 Å². The van der Waals surface area contributed by atoms with Crippen LogP contribution in [-0.2, 0) is 9.53 Å². The Morgan fingerprint density at radius 1 is 1.26 bits per heavy atom. The molecule has 1 aromatic carbocycles. The summed E-state index contributed by atoms with van der Waals surface area (Å²) in [5.74, 6) is -0.612. The summed E-state index contributed by atoms with van der Waals surface area (Å²) in [6, 6.07) is 7.33. The molecule has 7 nitrogen and oxygen atoms in total. The third-order valence-electron chi connectivity index (χ3n) is 4.04. The Bertz CT molecular complexity index is 1100. The number of ether oxygens (including phenoxy) is 1. The maximum Gasteiger partial charge on any atom is 0.349 e. The van der Waals surface area contributed by atoms with Crippen molar-refractivity contribution >= 4 is 39.1 Å². The minimum Gasteiger partial charge on any atom is -0.448 e. The molecule has 3 aromatic rings. The van der Waals surface area contributed by atoms with Crippen LogP contribution >= 0.6 is 11.3 Å². The quantitative estimate of drug-likeness (QED) is 0.672. The van der Waals surface area contributed by atoms with Crippen molar-refractivity contribution in [2.75, 3.05) is 5.32 Å². The predicted molar refractivity (Wildman–Crippen MR) is 104 cm³/mol. The van der Waals surface area contributed by atoms with Crippen molar-refractivity contribution < 1.29 is 14.3 Å². The largest absolute Gasteiger partial charge is 0.448 e. The number of nitrogens with zero attached hydrogens (tertiary/aromatic N) is 1. The second-order valence-corrected chi connectivity index (χ2v) is 7.29. The number of nitrogens with one attached hydrogen (secondary N) is 2. The summed E-state index contributed by atoms with van der Waals surface area (Å²) in [6.45, 7) is 6.76. The van der Waals surface area contributed by atoms with Gasteiger partial charge in [0.05, 0.1) is 5.39 Å². The topological polar surface area (TPSA) is 101 Å². The minimum atomic E-state index is -0.990. The van der Waals surface area contributed by atoms with Crippen LogP contribution < -0.4 is 10.9 Å². The first-order chi connectivity index (χ1) is 12.8. The molecule has 0 aliphatic rings. The molecule has 0 radical (unpaired) electrons. The zero-order valence-electron chi connectivity index (χ0n) is 15.4. The number of fused-ring (bicyclic) bond motifs is 1. The Morgan fingerprint density at radius 2 is 2.00 bits per heavy atom. The number of H-pyrrole nitrogens is 1. The fourth-order valence-electron chi connectivity index (χ4n) is 2.68. The molecule has 8 heteroatoms. The van der Waals surface area contributed by atoms with Crippen molar-refractivity contribution in [3.63, 3.8) is 0 Å². The number of benzene rings is 1. The molecule has 0 bridgehead atoms. The highest BCUT2D eigenvalue weighted by atomic mass is 32.1. The first-order valence-electron chi connectivity index (χ1n) is 8.35. The average Bonchev–Trinajstić information content (AvgIpc) is 2.91. The third kappa shape index (κ3) is 3.90. The van der Waals surface area contributed by atoms with Crippen molar-refractivity contribution in [1.82, 2.24) is 9.97 Å². The Morgan fingerprint density at radius 3 is 2.70 bits per heavy atom. The molecule has 140 valence electrons. The fraction of sp³-hybridized carbons (Fsp3) is 0.263. The summed E-state index contributed by atoms with van der Waals surface area (Å²) in [5, 5.41) is 3.09. The summed E-state index contributed by atoms with van der Waals surface area (Å²) >= 11 is 1.08. The van der Waals surface area contributed by atoms with Gasteiger partial charge in [-0.1, -0.05) is 12.1 Å². The molecule has 0 aliphatic carbocycles. The lowest BCUT2D eigenvalue weighted by Gasteiger charge is -2.13. The number of esters is 1. The maximum atomic E-state index is 12.5. The van der Waals surface area contributed by atoms with E-state index in [9.17, 15) is 14.4 Å². The van der Waals surface area contributed by atoms with E-state index in [-0.39, 0.29) is 10.4 Å². The second kappa shape index (κ2) is 7.32. The number of anilines is 1. The van der Waals surface area contributed by atoms with Crippen LogP contribution in [-0.4, -0.2) is 27.9 Å². The highest BCUT2D eigenvalue weighted by Gasteiger charge is 2.24. The minimum absolute atomic E-state index is 0.267. The van der Waals surface area contributed by atoms with Crippen molar-refractivity contribution in [2.45, 2.75) is 33.8 Å². The van der Waals surface area contributed by atoms with Crippen LogP contribution in [0.2, 0.25) is 0 Å². The molecule has 3 rings (SSSR count). The first kappa shape index (κ1) is 18.8. The summed E-state index contributed by atoms with van der Waals surface area (Å²) in [5.41, 5.74) is 1.84. The van der Waals surface area contributed by atoms with Gasteiger partial charge in [0.25, 0.3) is 11.5 Å². The predicted octanol–water partition coefficient (Wildman–Crippen LogP) is 3.09. The van der Waals surface area contributed by atoms with Gasteiger partial charge in [-0.3, -0.25) is 9.59 Å². The van der Waals surface area contributed by atoms with Crippen LogP contribution in [0.15, 0.2) is 29.1 Å². The van der Waals surface area contributed by atoms with E-state index in [1.54, 1.807) is 19.9 Å². The average molecular weight is 385 g/mol. The van der Waals surface area contributed by atoms with Gasteiger partial charge < -0.3 is 15.0 Å². The van der Waals surface area contributed by atoms with Gasteiger partial charge in [0.1, 0.15) is 15.5 Å². The molecular formula is C19H19N3O4S. The Labute approximate surface area is 159 Å². The zero-order valence-corrected chi connectivity index (χ0v) is 16.2. The molecule has 27 heavy (non-hydrogen) atoms. The molecular weight excluding hydrogens is 366 g/mol. The molecule has 0 aliphatic heterocycles. The van der Waals surface area contributed by atoms with Gasteiger partial charge in [0.2, 0.25) is 0 Å². The van der Waals surface area contributed by atoms with Gasteiger partial charge >= 0.3 is 5.97 Å². The first-order valence-corrected chi connectivity index (χ1v) is 9.16. The standard InChI is InChI=1S/C19H19N3O4S/c1-9-6-5-7-13(8-9)22-16(23)11(3)26-19(25)15-10(2)14-17(24)20-12(4)21-18(14)27-15/h5-8,11H,1-4H3,(H,22,23)(H,20,21,24)/t11-/m1/s1. The molecule has 0 saturated heterocycles. The van der Waals surface area contributed by atoms with Crippen molar-refractivity contribution in [3.05, 3.63) is 56.4 Å². The number of amides is 1. The third-order valence-corrected chi connectivity index (χ3v) is 5.21. The number of aromatic nitrogens is 2. The SMILES string of the molecule is Cc1cccc(NC(=O)[C@@H](C)OC(=O)c2sc3nc(C)[nH]c(=O)c3c2C)c1. The molecule has 1 amide bonds. The zero-order chi connectivity index (χ0) is 19.7. The van der Waals surface area contributed by atoms with Gasteiger partial charge in [0, 0.05) is 5.69 Å². The lowest BCUT2D eigenvalue weighted by atomic mass is 10.2.